The second kappa shape index (κ2) is 11.1. The summed E-state index contributed by atoms with van der Waals surface area (Å²) in [6.07, 6.45) is 0. The van der Waals surface area contributed by atoms with Crippen LogP contribution in [0.3, 0.4) is 0 Å². The highest BCUT2D eigenvalue weighted by molar-refractivity contribution is 6.09. The first-order valence-electron chi connectivity index (χ1n) is 15.0. The minimum absolute atomic E-state index is 1.11. The van der Waals surface area contributed by atoms with Gasteiger partial charge in [-0.25, -0.2) is 0 Å². The van der Waals surface area contributed by atoms with Crippen LogP contribution in [0.25, 0.3) is 49.7 Å². The standard InChI is InChI=1S/C42H30N2/c1-3-13-31(14-4-1)32-23-27-35(28-24-32)43(34-15-5-2-6-16-34)36-29-25-33(26-30-36)37-17-7-10-20-40(37)44-41-21-11-8-18-38(41)39-19-9-12-22-42(39)44/h1-30H. The Morgan fingerprint density at radius 3 is 1.36 bits per heavy atom. The van der Waals surface area contributed by atoms with Crippen LogP contribution >= 0.6 is 0 Å². The molecule has 7 aromatic carbocycles. The zero-order chi connectivity index (χ0) is 29.3. The van der Waals surface area contributed by atoms with Crippen LogP contribution in [0, 0.1) is 0 Å². The van der Waals surface area contributed by atoms with Gasteiger partial charge in [0, 0.05) is 33.4 Å². The molecule has 44 heavy (non-hydrogen) atoms. The Hall–Kier alpha value is -5.86. The largest absolute Gasteiger partial charge is 0.311 e. The smallest absolute Gasteiger partial charge is 0.0541 e. The van der Waals surface area contributed by atoms with Gasteiger partial charge in [0.15, 0.2) is 0 Å². The van der Waals surface area contributed by atoms with E-state index in [2.05, 4.69) is 191 Å². The number of fused-ring (bicyclic) bond motifs is 3. The maximum Gasteiger partial charge on any atom is 0.0541 e. The van der Waals surface area contributed by atoms with Crippen LogP contribution in [0.1, 0.15) is 0 Å². The molecule has 2 nitrogen and oxygen atoms in total. The number of nitrogens with zero attached hydrogens (tertiary/aromatic N) is 2. The summed E-state index contributed by atoms with van der Waals surface area (Å²) in [5, 5.41) is 2.54. The van der Waals surface area contributed by atoms with Gasteiger partial charge in [-0.1, -0.05) is 127 Å². The van der Waals surface area contributed by atoms with E-state index in [-0.39, 0.29) is 0 Å². The van der Waals surface area contributed by atoms with Gasteiger partial charge < -0.3 is 9.47 Å². The van der Waals surface area contributed by atoms with Gasteiger partial charge in [-0.05, 0) is 71.3 Å². The van der Waals surface area contributed by atoms with Crippen molar-refractivity contribution in [1.82, 2.24) is 4.57 Å². The van der Waals surface area contributed by atoms with Crippen molar-refractivity contribution in [1.29, 1.82) is 0 Å². The SMILES string of the molecule is c1ccc(-c2ccc(N(c3ccccc3)c3ccc(-c4ccccc4-n4c5ccccc5c5ccccc54)cc3)cc2)cc1. The average molecular weight is 563 g/mol. The number of anilines is 3. The normalized spacial score (nSPS) is 11.2. The van der Waals surface area contributed by atoms with Crippen molar-refractivity contribution in [3.63, 3.8) is 0 Å². The number of rotatable bonds is 6. The quantitative estimate of drug-likeness (QED) is 0.196. The Balaban J connectivity index is 1.21. The highest BCUT2D eigenvalue weighted by Gasteiger charge is 2.16. The molecule has 0 radical (unpaired) electrons. The molecular weight excluding hydrogens is 532 g/mol. The van der Waals surface area contributed by atoms with E-state index in [1.54, 1.807) is 0 Å². The lowest BCUT2D eigenvalue weighted by Gasteiger charge is -2.26. The van der Waals surface area contributed by atoms with Crippen molar-refractivity contribution in [3.05, 3.63) is 182 Å². The molecule has 8 aromatic rings. The van der Waals surface area contributed by atoms with Crippen molar-refractivity contribution >= 4 is 38.9 Å². The Morgan fingerprint density at radius 1 is 0.318 bits per heavy atom. The minimum Gasteiger partial charge on any atom is -0.311 e. The van der Waals surface area contributed by atoms with Crippen LogP contribution in [0.15, 0.2) is 182 Å². The topological polar surface area (TPSA) is 8.17 Å². The van der Waals surface area contributed by atoms with Crippen LogP contribution in [0.2, 0.25) is 0 Å². The van der Waals surface area contributed by atoms with Gasteiger partial charge in [-0.15, -0.1) is 0 Å². The minimum atomic E-state index is 1.11. The third-order valence-corrected chi connectivity index (χ3v) is 8.41. The maximum absolute atomic E-state index is 2.40. The van der Waals surface area contributed by atoms with Crippen molar-refractivity contribution in [2.75, 3.05) is 4.90 Å². The summed E-state index contributed by atoms with van der Waals surface area (Å²) in [6, 6.07) is 65.0. The Labute approximate surface area is 257 Å². The number of aromatic nitrogens is 1. The van der Waals surface area contributed by atoms with Crippen LogP contribution in [-0.2, 0) is 0 Å². The summed E-state index contributed by atoms with van der Waals surface area (Å²) in [5.41, 5.74) is 11.8. The molecule has 0 saturated carbocycles. The number of hydrogen-bond acceptors (Lipinski definition) is 1. The van der Waals surface area contributed by atoms with E-state index in [1.165, 1.54) is 49.7 Å². The monoisotopic (exact) mass is 562 g/mol. The van der Waals surface area contributed by atoms with Crippen molar-refractivity contribution < 1.29 is 0 Å². The van der Waals surface area contributed by atoms with Crippen LogP contribution in [0.5, 0.6) is 0 Å². The molecule has 0 spiro atoms. The summed E-state index contributed by atoms with van der Waals surface area (Å²) in [7, 11) is 0. The number of benzene rings is 7. The molecule has 8 rings (SSSR count). The Bertz CT molecular complexity index is 2140. The average Bonchev–Trinajstić information content (AvgIpc) is 3.44. The summed E-state index contributed by atoms with van der Waals surface area (Å²) >= 11 is 0. The summed E-state index contributed by atoms with van der Waals surface area (Å²) < 4.78 is 2.40. The van der Waals surface area contributed by atoms with Crippen molar-refractivity contribution in [3.8, 4) is 27.9 Å². The van der Waals surface area contributed by atoms with E-state index in [0.717, 1.165) is 17.1 Å². The zero-order valence-electron chi connectivity index (χ0n) is 24.2. The fraction of sp³-hybridized carbons (Fsp3) is 0. The van der Waals surface area contributed by atoms with Gasteiger partial charge in [0.2, 0.25) is 0 Å². The van der Waals surface area contributed by atoms with E-state index in [9.17, 15) is 0 Å². The fourth-order valence-electron chi connectivity index (χ4n) is 6.34. The molecule has 0 unspecified atom stereocenters. The summed E-state index contributed by atoms with van der Waals surface area (Å²) in [5.74, 6) is 0. The molecule has 0 saturated heterocycles. The van der Waals surface area contributed by atoms with E-state index in [4.69, 9.17) is 0 Å². The lowest BCUT2D eigenvalue weighted by molar-refractivity contribution is 1.18. The fourth-order valence-corrected chi connectivity index (χ4v) is 6.34. The third kappa shape index (κ3) is 4.54. The summed E-state index contributed by atoms with van der Waals surface area (Å²) in [6.45, 7) is 0. The van der Waals surface area contributed by atoms with Gasteiger partial charge in [-0.2, -0.15) is 0 Å². The maximum atomic E-state index is 2.40. The van der Waals surface area contributed by atoms with Crippen molar-refractivity contribution in [2.45, 2.75) is 0 Å². The lowest BCUT2D eigenvalue weighted by Crippen LogP contribution is -2.09. The van der Waals surface area contributed by atoms with Crippen LogP contribution in [0.4, 0.5) is 17.1 Å². The molecule has 0 bridgehead atoms. The van der Waals surface area contributed by atoms with Crippen LogP contribution < -0.4 is 4.90 Å². The molecular formula is C42H30N2. The molecule has 1 heterocycles. The van der Waals surface area contributed by atoms with Crippen LogP contribution in [-0.4, -0.2) is 4.57 Å². The van der Waals surface area contributed by atoms with E-state index < -0.39 is 0 Å². The third-order valence-electron chi connectivity index (χ3n) is 8.41. The molecule has 0 fully saturated rings. The number of para-hydroxylation sites is 4. The van der Waals surface area contributed by atoms with E-state index in [1.807, 2.05) is 0 Å². The predicted molar refractivity (Wildman–Crippen MR) is 186 cm³/mol. The predicted octanol–water partition coefficient (Wildman–Crippen LogP) is 11.6. The van der Waals surface area contributed by atoms with Gasteiger partial charge >= 0.3 is 0 Å². The highest BCUT2D eigenvalue weighted by atomic mass is 15.1. The Kier molecular flexibility index (Phi) is 6.51. The van der Waals surface area contributed by atoms with E-state index in [0.29, 0.717) is 0 Å². The molecule has 1 aromatic heterocycles. The molecule has 0 atom stereocenters. The first kappa shape index (κ1) is 25.8. The van der Waals surface area contributed by atoms with Gasteiger partial charge in [0.25, 0.3) is 0 Å². The first-order chi connectivity index (χ1) is 21.8. The summed E-state index contributed by atoms with van der Waals surface area (Å²) in [4.78, 5) is 2.32. The molecule has 0 aliphatic carbocycles. The Morgan fingerprint density at radius 2 is 0.750 bits per heavy atom. The number of hydrogen-bond donors (Lipinski definition) is 0. The molecule has 0 amide bonds. The molecule has 0 N–H and O–H groups in total. The molecule has 0 aliphatic heterocycles. The van der Waals surface area contributed by atoms with Gasteiger partial charge in [0.05, 0.1) is 16.7 Å². The van der Waals surface area contributed by atoms with Crippen molar-refractivity contribution in [2.24, 2.45) is 0 Å². The lowest BCUT2D eigenvalue weighted by atomic mass is 10.0. The molecule has 2 heteroatoms. The van der Waals surface area contributed by atoms with Gasteiger partial charge in [-0.3, -0.25) is 0 Å². The second-order valence-corrected chi connectivity index (χ2v) is 11.0. The molecule has 0 aliphatic rings. The zero-order valence-corrected chi connectivity index (χ0v) is 24.2. The second-order valence-electron chi connectivity index (χ2n) is 11.0. The first-order valence-corrected chi connectivity index (χ1v) is 15.0. The van der Waals surface area contributed by atoms with Gasteiger partial charge in [0.1, 0.15) is 0 Å². The molecule has 208 valence electrons. The van der Waals surface area contributed by atoms with E-state index >= 15 is 0 Å². The highest BCUT2D eigenvalue weighted by Crippen LogP contribution is 2.39.